The molecule has 1 aliphatic heterocycles. The van der Waals surface area contributed by atoms with Crippen LogP contribution in [-0.4, -0.2) is 55.4 Å². The Morgan fingerprint density at radius 2 is 1.75 bits per heavy atom. The molecule has 7 nitrogen and oxygen atoms in total. The molecule has 1 saturated heterocycles. The molecule has 0 spiro atoms. The van der Waals surface area contributed by atoms with Crippen LogP contribution >= 0.6 is 0 Å². The molecule has 0 radical (unpaired) electrons. The van der Waals surface area contributed by atoms with E-state index in [0.29, 0.717) is 24.4 Å². The Balaban J connectivity index is 1.78. The monoisotopic (exact) mass is 415 g/mol. The molecule has 1 aromatic carbocycles. The Labute approximate surface area is 161 Å². The molecule has 2 aromatic rings. The molecule has 0 aliphatic carbocycles. The summed E-state index contributed by atoms with van der Waals surface area (Å²) in [5.74, 6) is -3.81. The Kier molecular flexibility index (Phi) is 5.75. The number of nitrogens with one attached hydrogen (secondary N) is 1. The maximum absolute atomic E-state index is 14.0. The van der Waals surface area contributed by atoms with Gasteiger partial charge in [-0.05, 0) is 26.0 Å². The molecule has 2 heterocycles. The number of halogens is 3. The molecular weight excluding hydrogens is 395 g/mol. The van der Waals surface area contributed by atoms with E-state index in [4.69, 9.17) is 0 Å². The summed E-state index contributed by atoms with van der Waals surface area (Å²) in [6.07, 6.45) is 0. The van der Waals surface area contributed by atoms with Gasteiger partial charge in [-0.2, -0.15) is 9.29 Å². The van der Waals surface area contributed by atoms with Crippen LogP contribution in [0, 0.1) is 24.4 Å². The predicted octanol–water partition coefficient (Wildman–Crippen LogP) is 2.15. The second-order valence-corrected chi connectivity index (χ2v) is 8.20. The zero-order valence-corrected chi connectivity index (χ0v) is 16.2. The molecule has 152 valence electrons. The van der Waals surface area contributed by atoms with Crippen molar-refractivity contribution in [2.24, 2.45) is 0 Å². The molecule has 0 saturated carbocycles. The van der Waals surface area contributed by atoms with E-state index in [1.165, 1.54) is 0 Å². The molecule has 1 aromatic heterocycles. The van der Waals surface area contributed by atoms with Gasteiger partial charge in [0.25, 0.3) is 0 Å². The fourth-order valence-electron chi connectivity index (χ4n) is 2.94. The van der Waals surface area contributed by atoms with E-state index < -0.39 is 32.4 Å². The van der Waals surface area contributed by atoms with Gasteiger partial charge in [0.05, 0.1) is 0 Å². The lowest BCUT2D eigenvalue weighted by atomic mass is 10.3. The van der Waals surface area contributed by atoms with E-state index in [1.807, 2.05) is 18.7 Å². The van der Waals surface area contributed by atoms with Crippen LogP contribution in [0.1, 0.15) is 12.6 Å². The summed E-state index contributed by atoms with van der Waals surface area (Å²) in [4.78, 5) is 9.74. The number of rotatable bonds is 5. The quantitative estimate of drug-likeness (QED) is 0.754. The number of piperazine rings is 1. The number of sulfonamides is 1. The summed E-state index contributed by atoms with van der Waals surface area (Å²) < 4.78 is 66.8. The topological polar surface area (TPSA) is 78.4 Å². The molecule has 1 N–H and O–H groups in total. The van der Waals surface area contributed by atoms with E-state index in [9.17, 15) is 21.6 Å². The van der Waals surface area contributed by atoms with E-state index in [0.717, 1.165) is 16.1 Å². The molecule has 0 atom stereocenters. The summed E-state index contributed by atoms with van der Waals surface area (Å²) in [5, 5.41) is 3.11. The van der Waals surface area contributed by atoms with Crippen molar-refractivity contribution in [1.29, 1.82) is 0 Å². The van der Waals surface area contributed by atoms with Crippen LogP contribution in [0.25, 0.3) is 0 Å². The van der Waals surface area contributed by atoms with Gasteiger partial charge in [0, 0.05) is 44.5 Å². The van der Waals surface area contributed by atoms with Crippen molar-refractivity contribution >= 4 is 21.8 Å². The Bertz CT molecular complexity index is 979. The van der Waals surface area contributed by atoms with Crippen molar-refractivity contribution in [3.63, 3.8) is 0 Å². The smallest absolute Gasteiger partial charge is 0.246 e. The maximum Gasteiger partial charge on any atom is 0.246 e. The molecule has 0 bridgehead atoms. The van der Waals surface area contributed by atoms with Crippen molar-refractivity contribution in [1.82, 2.24) is 14.3 Å². The number of hydrogen-bond acceptors (Lipinski definition) is 6. The van der Waals surface area contributed by atoms with E-state index in [1.54, 1.807) is 6.07 Å². The average Bonchev–Trinajstić information content (AvgIpc) is 2.66. The van der Waals surface area contributed by atoms with Gasteiger partial charge >= 0.3 is 0 Å². The lowest BCUT2D eigenvalue weighted by Gasteiger charge is -2.34. The highest BCUT2D eigenvalue weighted by Gasteiger charge is 2.33. The Morgan fingerprint density at radius 1 is 1.07 bits per heavy atom. The van der Waals surface area contributed by atoms with Crippen LogP contribution in [0.15, 0.2) is 23.1 Å². The average molecular weight is 415 g/mol. The summed E-state index contributed by atoms with van der Waals surface area (Å²) in [7, 11) is -4.29. The first-order valence-electron chi connectivity index (χ1n) is 8.72. The molecule has 0 amide bonds. The van der Waals surface area contributed by atoms with Crippen LogP contribution in [0.4, 0.5) is 24.9 Å². The fourth-order valence-corrected chi connectivity index (χ4v) is 4.42. The van der Waals surface area contributed by atoms with Crippen LogP contribution in [0.5, 0.6) is 0 Å². The lowest BCUT2D eigenvalue weighted by molar-refractivity contribution is 0.375. The summed E-state index contributed by atoms with van der Waals surface area (Å²) in [6.45, 7) is 5.10. The third-order valence-electron chi connectivity index (χ3n) is 4.34. The molecule has 3 rings (SSSR count). The summed E-state index contributed by atoms with van der Waals surface area (Å²) in [6, 6.07) is 3.14. The minimum absolute atomic E-state index is 0.0363. The number of hydrogen-bond donors (Lipinski definition) is 1. The van der Waals surface area contributed by atoms with Crippen molar-refractivity contribution in [2.45, 2.75) is 18.7 Å². The van der Waals surface area contributed by atoms with Crippen molar-refractivity contribution in [3.8, 4) is 0 Å². The largest absolute Gasteiger partial charge is 0.370 e. The molecule has 11 heteroatoms. The normalized spacial score (nSPS) is 15.7. The highest BCUT2D eigenvalue weighted by Crippen LogP contribution is 2.25. The first-order valence-corrected chi connectivity index (χ1v) is 10.2. The van der Waals surface area contributed by atoms with E-state index in [-0.39, 0.29) is 26.2 Å². The highest BCUT2D eigenvalue weighted by atomic mass is 32.2. The standard InChI is InChI=1S/C17H20F3N5O2S/c1-3-21-14-10-11(2)22-17(23-14)24-6-8-25(9-7-24)28(26,27)13-5-4-12(18)15(19)16(13)20/h4-5,10H,3,6-9H2,1-2H3,(H,21,22,23). The van der Waals surface area contributed by atoms with Crippen LogP contribution in [0.2, 0.25) is 0 Å². The van der Waals surface area contributed by atoms with Gasteiger partial charge < -0.3 is 10.2 Å². The van der Waals surface area contributed by atoms with E-state index in [2.05, 4.69) is 15.3 Å². The number of anilines is 2. The molecule has 1 fully saturated rings. The van der Waals surface area contributed by atoms with Gasteiger partial charge in [-0.1, -0.05) is 0 Å². The number of nitrogens with zero attached hydrogens (tertiary/aromatic N) is 4. The molecule has 1 aliphatic rings. The van der Waals surface area contributed by atoms with E-state index >= 15 is 0 Å². The van der Waals surface area contributed by atoms with Crippen molar-refractivity contribution in [3.05, 3.63) is 41.3 Å². The van der Waals surface area contributed by atoms with Gasteiger partial charge in [-0.25, -0.2) is 26.6 Å². The Hall–Kier alpha value is -2.40. The minimum Gasteiger partial charge on any atom is -0.370 e. The van der Waals surface area contributed by atoms with Gasteiger partial charge in [0.1, 0.15) is 10.7 Å². The zero-order chi connectivity index (χ0) is 20.5. The number of aryl methyl sites for hydroxylation is 1. The summed E-state index contributed by atoms with van der Waals surface area (Å²) >= 11 is 0. The molecular formula is C17H20F3N5O2S. The second-order valence-electron chi connectivity index (χ2n) is 6.29. The predicted molar refractivity (Wildman–Crippen MR) is 98.2 cm³/mol. The number of aromatic nitrogens is 2. The maximum atomic E-state index is 14.0. The van der Waals surface area contributed by atoms with Crippen LogP contribution < -0.4 is 10.2 Å². The SMILES string of the molecule is CCNc1cc(C)nc(N2CCN(S(=O)(=O)c3ccc(F)c(F)c3F)CC2)n1. The lowest BCUT2D eigenvalue weighted by Crippen LogP contribution is -2.49. The first kappa shape index (κ1) is 20.3. The third-order valence-corrected chi connectivity index (χ3v) is 6.26. The Morgan fingerprint density at radius 3 is 2.39 bits per heavy atom. The number of benzene rings is 1. The van der Waals surface area contributed by atoms with Crippen LogP contribution in [0.3, 0.4) is 0 Å². The van der Waals surface area contributed by atoms with Crippen molar-refractivity contribution in [2.75, 3.05) is 42.9 Å². The zero-order valence-electron chi connectivity index (χ0n) is 15.4. The molecule has 0 unspecified atom stereocenters. The van der Waals surface area contributed by atoms with Gasteiger partial charge in [0.15, 0.2) is 17.5 Å². The van der Waals surface area contributed by atoms with Crippen molar-refractivity contribution < 1.29 is 21.6 Å². The minimum atomic E-state index is -4.29. The summed E-state index contributed by atoms with van der Waals surface area (Å²) in [5.41, 5.74) is 0.764. The van der Waals surface area contributed by atoms with Gasteiger partial charge in [-0.15, -0.1) is 0 Å². The van der Waals surface area contributed by atoms with Gasteiger partial charge in [-0.3, -0.25) is 0 Å². The fraction of sp³-hybridized carbons (Fsp3) is 0.412. The van der Waals surface area contributed by atoms with Gasteiger partial charge in [0.2, 0.25) is 16.0 Å². The highest BCUT2D eigenvalue weighted by molar-refractivity contribution is 7.89. The third kappa shape index (κ3) is 3.90. The first-order chi connectivity index (χ1) is 13.2. The molecule has 28 heavy (non-hydrogen) atoms. The van der Waals surface area contributed by atoms with Crippen LogP contribution in [-0.2, 0) is 10.0 Å². The second kappa shape index (κ2) is 7.92.